The molecule has 0 radical (unpaired) electrons. The van der Waals surface area contributed by atoms with Gasteiger partial charge in [-0.05, 0) is 6.92 Å². The standard InChI is InChI=1S/C8H15N2O3P/c1-3-4(2)9-5(7(3)11)6(10-14)8(12)13/h3-6,9-10H,14H2,1-2H3,(H,12,13)/t3?,4-,5+,6?/m1/s1. The molecule has 1 fully saturated rings. The summed E-state index contributed by atoms with van der Waals surface area (Å²) in [4.78, 5) is 22.5. The Balaban J connectivity index is 2.79. The summed E-state index contributed by atoms with van der Waals surface area (Å²) in [6, 6.07) is -1.47. The van der Waals surface area contributed by atoms with Gasteiger partial charge in [0, 0.05) is 12.0 Å². The molecular weight excluding hydrogens is 203 g/mol. The van der Waals surface area contributed by atoms with Crippen molar-refractivity contribution < 1.29 is 14.7 Å². The topological polar surface area (TPSA) is 78.4 Å². The third kappa shape index (κ3) is 1.95. The smallest absolute Gasteiger partial charge is 0.323 e. The van der Waals surface area contributed by atoms with Crippen LogP contribution < -0.4 is 10.4 Å². The van der Waals surface area contributed by atoms with E-state index in [2.05, 4.69) is 19.8 Å². The van der Waals surface area contributed by atoms with Crippen molar-refractivity contribution in [2.24, 2.45) is 5.92 Å². The number of hydrogen-bond donors (Lipinski definition) is 3. The largest absolute Gasteiger partial charge is 0.480 e. The third-order valence-corrected chi connectivity index (χ3v) is 3.09. The highest BCUT2D eigenvalue weighted by Gasteiger charge is 2.42. The van der Waals surface area contributed by atoms with Gasteiger partial charge in [0.1, 0.15) is 6.04 Å². The number of nitrogens with one attached hydrogen (secondary N) is 2. The lowest BCUT2D eigenvalue weighted by atomic mass is 9.98. The average molecular weight is 218 g/mol. The minimum atomic E-state index is -1.02. The monoisotopic (exact) mass is 218 g/mol. The van der Waals surface area contributed by atoms with Crippen LogP contribution in [0.15, 0.2) is 0 Å². The van der Waals surface area contributed by atoms with E-state index in [-0.39, 0.29) is 17.7 Å². The maximum Gasteiger partial charge on any atom is 0.323 e. The highest BCUT2D eigenvalue weighted by atomic mass is 31.0. The first-order valence-electron chi connectivity index (χ1n) is 4.47. The van der Waals surface area contributed by atoms with Gasteiger partial charge in [0.05, 0.1) is 6.04 Å². The number of aliphatic carboxylic acids is 1. The van der Waals surface area contributed by atoms with Crippen molar-refractivity contribution in [2.75, 3.05) is 0 Å². The van der Waals surface area contributed by atoms with E-state index in [4.69, 9.17) is 5.11 Å². The number of Topliss-reactive ketones (excluding diaryl/α,β-unsaturated/α-hetero) is 1. The number of rotatable bonds is 3. The summed E-state index contributed by atoms with van der Waals surface area (Å²) in [6.07, 6.45) is 0. The van der Waals surface area contributed by atoms with Crippen molar-refractivity contribution in [3.63, 3.8) is 0 Å². The number of carbonyl (C=O) groups is 2. The molecule has 0 amide bonds. The van der Waals surface area contributed by atoms with E-state index >= 15 is 0 Å². The molecule has 1 heterocycles. The second-order valence-electron chi connectivity index (χ2n) is 3.61. The molecule has 5 nitrogen and oxygen atoms in total. The first-order chi connectivity index (χ1) is 6.49. The minimum Gasteiger partial charge on any atom is -0.480 e. The fraction of sp³-hybridized carbons (Fsp3) is 0.750. The quantitative estimate of drug-likeness (QED) is 0.550. The Morgan fingerprint density at radius 2 is 2.21 bits per heavy atom. The van der Waals surface area contributed by atoms with Gasteiger partial charge in [-0.1, -0.05) is 16.3 Å². The van der Waals surface area contributed by atoms with Crippen LogP contribution in [0, 0.1) is 5.92 Å². The van der Waals surface area contributed by atoms with E-state index in [1.54, 1.807) is 0 Å². The van der Waals surface area contributed by atoms with Crippen molar-refractivity contribution >= 4 is 21.1 Å². The maximum atomic E-state index is 11.6. The van der Waals surface area contributed by atoms with Crippen LogP contribution in [0.2, 0.25) is 0 Å². The van der Waals surface area contributed by atoms with Crippen LogP contribution in [0.3, 0.4) is 0 Å². The highest BCUT2D eigenvalue weighted by Crippen LogP contribution is 2.18. The number of carbonyl (C=O) groups excluding carboxylic acids is 1. The lowest BCUT2D eigenvalue weighted by molar-refractivity contribution is -0.141. The lowest BCUT2D eigenvalue weighted by Crippen LogP contribution is -2.50. The van der Waals surface area contributed by atoms with Gasteiger partial charge in [-0.15, -0.1) is 0 Å². The van der Waals surface area contributed by atoms with Gasteiger partial charge in [-0.25, -0.2) is 0 Å². The molecule has 5 atom stereocenters. The van der Waals surface area contributed by atoms with Crippen LogP contribution in [0.1, 0.15) is 13.8 Å². The zero-order valence-corrected chi connectivity index (χ0v) is 9.31. The predicted molar refractivity (Wildman–Crippen MR) is 54.8 cm³/mol. The second kappa shape index (κ2) is 4.34. The zero-order chi connectivity index (χ0) is 10.9. The van der Waals surface area contributed by atoms with Crippen LogP contribution in [-0.2, 0) is 9.59 Å². The fourth-order valence-corrected chi connectivity index (χ4v) is 1.94. The van der Waals surface area contributed by atoms with Crippen molar-refractivity contribution in [3.8, 4) is 0 Å². The molecule has 80 valence electrons. The van der Waals surface area contributed by atoms with Crippen LogP contribution in [0.25, 0.3) is 0 Å². The molecule has 1 rings (SSSR count). The molecule has 0 aromatic rings. The molecule has 0 spiro atoms. The van der Waals surface area contributed by atoms with Crippen LogP contribution in [0.4, 0.5) is 0 Å². The first kappa shape index (κ1) is 11.6. The summed E-state index contributed by atoms with van der Waals surface area (Å²) in [5.41, 5.74) is 0. The summed E-state index contributed by atoms with van der Waals surface area (Å²) in [7, 11) is 2.13. The number of carboxylic acids is 1. The lowest BCUT2D eigenvalue weighted by Gasteiger charge is -2.17. The Hall–Kier alpha value is -0.510. The highest BCUT2D eigenvalue weighted by molar-refractivity contribution is 7.13. The fourth-order valence-electron chi connectivity index (χ4n) is 1.61. The molecule has 6 heteroatoms. The van der Waals surface area contributed by atoms with Gasteiger partial charge in [0.25, 0.3) is 0 Å². The third-order valence-electron chi connectivity index (χ3n) is 2.73. The molecule has 1 saturated heterocycles. The van der Waals surface area contributed by atoms with Gasteiger partial charge in [0.2, 0.25) is 0 Å². The molecule has 14 heavy (non-hydrogen) atoms. The SMILES string of the molecule is CC1C(=O)[C@H](C(NP)C(=O)O)N[C@@H]1C. The van der Waals surface area contributed by atoms with E-state index < -0.39 is 18.1 Å². The van der Waals surface area contributed by atoms with Crippen molar-refractivity contribution in [3.05, 3.63) is 0 Å². The van der Waals surface area contributed by atoms with E-state index in [9.17, 15) is 9.59 Å². The molecule has 0 saturated carbocycles. The molecule has 0 bridgehead atoms. The Morgan fingerprint density at radius 1 is 1.64 bits per heavy atom. The number of hydrogen-bond acceptors (Lipinski definition) is 4. The van der Waals surface area contributed by atoms with Gasteiger partial charge in [-0.2, -0.15) is 0 Å². The van der Waals surface area contributed by atoms with Crippen LogP contribution >= 0.6 is 9.39 Å². The van der Waals surface area contributed by atoms with E-state index in [0.29, 0.717) is 0 Å². The van der Waals surface area contributed by atoms with Crippen LogP contribution in [0.5, 0.6) is 0 Å². The molecule has 0 aromatic heterocycles. The van der Waals surface area contributed by atoms with Crippen molar-refractivity contribution in [2.45, 2.75) is 32.0 Å². The predicted octanol–water partition coefficient (Wildman–Crippen LogP) is -0.615. The summed E-state index contributed by atoms with van der Waals surface area (Å²) in [6.45, 7) is 3.69. The Bertz CT molecular complexity index is 259. The molecule has 1 aliphatic rings. The number of carboxylic acid groups (broad SMARTS) is 1. The molecule has 0 aromatic carbocycles. The van der Waals surface area contributed by atoms with Gasteiger partial charge >= 0.3 is 5.97 Å². The zero-order valence-electron chi connectivity index (χ0n) is 8.15. The molecule has 3 unspecified atom stereocenters. The molecule has 3 N–H and O–H groups in total. The van der Waals surface area contributed by atoms with Gasteiger partial charge in [0.15, 0.2) is 5.78 Å². The van der Waals surface area contributed by atoms with E-state index in [1.807, 2.05) is 13.8 Å². The summed E-state index contributed by atoms with van der Waals surface area (Å²) in [5.74, 6) is -1.19. The van der Waals surface area contributed by atoms with Gasteiger partial charge < -0.3 is 10.4 Å². The Kier molecular flexibility index (Phi) is 3.59. The van der Waals surface area contributed by atoms with E-state index in [1.165, 1.54) is 0 Å². The maximum absolute atomic E-state index is 11.6. The molecular formula is C8H15N2O3P. The Morgan fingerprint density at radius 3 is 2.50 bits per heavy atom. The van der Waals surface area contributed by atoms with E-state index in [0.717, 1.165) is 0 Å². The second-order valence-corrected chi connectivity index (χ2v) is 3.94. The normalized spacial score (nSPS) is 34.5. The summed E-state index contributed by atoms with van der Waals surface area (Å²) >= 11 is 0. The van der Waals surface area contributed by atoms with Gasteiger partial charge in [-0.3, -0.25) is 14.7 Å². The molecule has 1 aliphatic heterocycles. The first-order valence-corrected chi connectivity index (χ1v) is 5.05. The van der Waals surface area contributed by atoms with Crippen molar-refractivity contribution in [1.29, 1.82) is 0 Å². The van der Waals surface area contributed by atoms with Crippen LogP contribution in [-0.4, -0.2) is 35.0 Å². The molecule has 0 aliphatic carbocycles. The number of ketones is 1. The summed E-state index contributed by atoms with van der Waals surface area (Å²) < 4.78 is 0. The average Bonchev–Trinajstić information content (AvgIpc) is 2.35. The Labute approximate surface area is 84.9 Å². The summed E-state index contributed by atoms with van der Waals surface area (Å²) in [5, 5.41) is 14.4. The minimum absolute atomic E-state index is 0.0349. The van der Waals surface area contributed by atoms with Crippen molar-refractivity contribution in [1.82, 2.24) is 10.4 Å².